The molecule has 1 unspecified atom stereocenters. The van der Waals surface area contributed by atoms with Gasteiger partial charge in [0.2, 0.25) is 20.0 Å². The second-order valence-corrected chi connectivity index (χ2v) is 13.2. The number of hydrogen-bond acceptors (Lipinski definition) is 8. The second kappa shape index (κ2) is 11.5. The molecule has 2 atom stereocenters. The maximum absolute atomic E-state index is 14.1. The highest BCUT2D eigenvalue weighted by molar-refractivity contribution is 7.89. The van der Waals surface area contributed by atoms with Gasteiger partial charge in [0.1, 0.15) is 23.4 Å². The van der Waals surface area contributed by atoms with Gasteiger partial charge in [0, 0.05) is 31.7 Å². The fourth-order valence-corrected chi connectivity index (χ4v) is 6.96. The molecule has 2 aliphatic heterocycles. The van der Waals surface area contributed by atoms with Crippen molar-refractivity contribution < 1.29 is 40.2 Å². The van der Waals surface area contributed by atoms with E-state index >= 15 is 0 Å². The third-order valence-corrected chi connectivity index (χ3v) is 10.2. The van der Waals surface area contributed by atoms with Crippen molar-refractivity contribution in [1.29, 1.82) is 0 Å². The minimum absolute atomic E-state index is 0.0541. The molecule has 0 aliphatic carbocycles. The summed E-state index contributed by atoms with van der Waals surface area (Å²) >= 11 is 0. The number of halogens is 2. The zero-order valence-corrected chi connectivity index (χ0v) is 22.4. The van der Waals surface area contributed by atoms with Crippen LogP contribution in [0.3, 0.4) is 0 Å². The molecule has 3 N–H and O–H groups in total. The van der Waals surface area contributed by atoms with Crippen LogP contribution in [0.2, 0.25) is 0 Å². The zero-order valence-electron chi connectivity index (χ0n) is 20.8. The number of nitrogens with zero attached hydrogens (tertiary/aromatic N) is 1. The predicted molar refractivity (Wildman–Crippen MR) is 134 cm³/mol. The van der Waals surface area contributed by atoms with Crippen LogP contribution in [0.1, 0.15) is 19.3 Å². The molecular formula is C24H31F2N3O7S2. The van der Waals surface area contributed by atoms with E-state index in [1.165, 1.54) is 19.2 Å². The van der Waals surface area contributed by atoms with E-state index in [9.17, 15) is 30.7 Å². The van der Waals surface area contributed by atoms with Gasteiger partial charge in [0.25, 0.3) is 0 Å². The van der Waals surface area contributed by atoms with Crippen molar-refractivity contribution in [3.8, 4) is 5.75 Å². The van der Waals surface area contributed by atoms with Gasteiger partial charge >= 0.3 is 0 Å². The minimum Gasteiger partial charge on any atom is -0.491 e. The van der Waals surface area contributed by atoms with Gasteiger partial charge in [-0.1, -0.05) is 12.1 Å². The van der Waals surface area contributed by atoms with Gasteiger partial charge in [-0.2, -0.15) is 4.31 Å². The number of aliphatic hydroxyl groups excluding tert-OH is 1. The van der Waals surface area contributed by atoms with Crippen LogP contribution in [-0.4, -0.2) is 83.9 Å². The van der Waals surface area contributed by atoms with Crippen molar-refractivity contribution in [2.45, 2.75) is 46.8 Å². The SMILES string of the molecule is CNS(=O)(=O)c1cccc(OC[C@@H](O)CNC2COC3(CCN(S(=O)(=O)c4cccc(F)c4F)CC3)C2)c1. The van der Waals surface area contributed by atoms with E-state index in [1.807, 2.05) is 0 Å². The summed E-state index contributed by atoms with van der Waals surface area (Å²) in [6, 6.07) is 8.97. The minimum atomic E-state index is -4.17. The standard InChI is InChI=1S/C24H31F2N3O7S2/c1-27-37(31,32)20-5-2-4-19(12-20)35-16-18(30)14-28-17-13-24(36-15-17)8-10-29(11-9-24)38(33,34)22-7-3-6-21(25)23(22)26/h2-7,12,17-18,27-28,30H,8-11,13-16H2,1H3/t17?,18-/m0/s1. The van der Waals surface area contributed by atoms with E-state index in [1.54, 1.807) is 12.1 Å². The highest BCUT2D eigenvalue weighted by Gasteiger charge is 2.45. The summed E-state index contributed by atoms with van der Waals surface area (Å²) in [6.07, 6.45) is 0.536. The quantitative estimate of drug-likeness (QED) is 0.385. The highest BCUT2D eigenvalue weighted by atomic mass is 32.2. The van der Waals surface area contributed by atoms with Gasteiger partial charge in [0.05, 0.1) is 17.1 Å². The molecule has 0 bridgehead atoms. The Morgan fingerprint density at radius 1 is 1.16 bits per heavy atom. The summed E-state index contributed by atoms with van der Waals surface area (Å²) in [7, 11) is -6.47. The van der Waals surface area contributed by atoms with E-state index in [2.05, 4.69) is 10.0 Å². The first kappa shape index (κ1) is 28.8. The van der Waals surface area contributed by atoms with Crippen molar-refractivity contribution in [1.82, 2.24) is 14.3 Å². The smallest absolute Gasteiger partial charge is 0.246 e. The second-order valence-electron chi connectivity index (χ2n) is 9.41. The summed E-state index contributed by atoms with van der Waals surface area (Å²) < 4.78 is 92.2. The van der Waals surface area contributed by atoms with E-state index in [0.29, 0.717) is 31.6 Å². The summed E-state index contributed by atoms with van der Waals surface area (Å²) in [5, 5.41) is 13.6. The molecule has 2 fully saturated rings. The van der Waals surface area contributed by atoms with Crippen LogP contribution in [0.4, 0.5) is 8.78 Å². The molecule has 0 radical (unpaired) electrons. The molecule has 0 aromatic heterocycles. The number of benzene rings is 2. The maximum Gasteiger partial charge on any atom is 0.246 e. The lowest BCUT2D eigenvalue weighted by molar-refractivity contribution is -0.0312. The molecule has 4 rings (SSSR count). The molecule has 0 saturated carbocycles. The van der Waals surface area contributed by atoms with Gasteiger partial charge < -0.3 is 19.9 Å². The third kappa shape index (κ3) is 6.33. The molecule has 1 spiro atoms. The van der Waals surface area contributed by atoms with Crippen LogP contribution in [-0.2, 0) is 24.8 Å². The molecule has 14 heteroatoms. The summed E-state index contributed by atoms with van der Waals surface area (Å²) in [5.74, 6) is -2.29. The van der Waals surface area contributed by atoms with Crippen LogP contribution in [0.5, 0.6) is 5.75 Å². The molecule has 0 amide bonds. The molecule has 2 saturated heterocycles. The number of hydrogen-bond donors (Lipinski definition) is 3. The molecule has 38 heavy (non-hydrogen) atoms. The van der Waals surface area contributed by atoms with Crippen LogP contribution >= 0.6 is 0 Å². The zero-order chi connectivity index (χ0) is 27.6. The average Bonchev–Trinajstić information content (AvgIpc) is 3.30. The Morgan fingerprint density at radius 2 is 1.87 bits per heavy atom. The number of rotatable bonds is 10. The Labute approximate surface area is 221 Å². The van der Waals surface area contributed by atoms with Crippen molar-refractivity contribution in [3.63, 3.8) is 0 Å². The number of aliphatic hydroxyl groups is 1. The van der Waals surface area contributed by atoms with Crippen LogP contribution in [0, 0.1) is 11.6 Å². The Hall–Kier alpha value is -2.20. The van der Waals surface area contributed by atoms with Crippen LogP contribution in [0.15, 0.2) is 52.3 Å². The molecular weight excluding hydrogens is 544 g/mol. The topological polar surface area (TPSA) is 134 Å². The van der Waals surface area contributed by atoms with Crippen LogP contribution in [0.25, 0.3) is 0 Å². The number of sulfonamides is 2. The Balaban J connectivity index is 1.24. The molecule has 10 nitrogen and oxygen atoms in total. The van der Waals surface area contributed by atoms with Gasteiger partial charge in [-0.15, -0.1) is 0 Å². The predicted octanol–water partition coefficient (Wildman–Crippen LogP) is 1.21. The normalized spacial score (nSPS) is 21.0. The largest absolute Gasteiger partial charge is 0.491 e. The first-order chi connectivity index (χ1) is 18.0. The average molecular weight is 576 g/mol. The molecule has 210 valence electrons. The van der Waals surface area contributed by atoms with E-state index < -0.39 is 48.3 Å². The van der Waals surface area contributed by atoms with Crippen molar-refractivity contribution in [3.05, 3.63) is 54.1 Å². The summed E-state index contributed by atoms with van der Waals surface area (Å²) in [5.41, 5.74) is -0.537. The molecule has 2 aromatic rings. The first-order valence-electron chi connectivity index (χ1n) is 12.1. The van der Waals surface area contributed by atoms with Crippen molar-refractivity contribution in [2.24, 2.45) is 0 Å². The summed E-state index contributed by atoms with van der Waals surface area (Å²) in [4.78, 5) is -0.620. The molecule has 2 aromatic carbocycles. The van der Waals surface area contributed by atoms with E-state index in [0.717, 1.165) is 22.5 Å². The number of piperidine rings is 1. The number of nitrogens with one attached hydrogen (secondary N) is 2. The first-order valence-corrected chi connectivity index (χ1v) is 15.0. The summed E-state index contributed by atoms with van der Waals surface area (Å²) in [6.45, 7) is 0.757. The van der Waals surface area contributed by atoms with Gasteiger partial charge in [-0.25, -0.2) is 30.3 Å². The van der Waals surface area contributed by atoms with Gasteiger partial charge in [-0.3, -0.25) is 0 Å². The lowest BCUT2D eigenvalue weighted by Crippen LogP contribution is -2.47. The third-order valence-electron chi connectivity index (χ3n) is 6.85. The Morgan fingerprint density at radius 3 is 2.58 bits per heavy atom. The Kier molecular flexibility index (Phi) is 8.71. The van der Waals surface area contributed by atoms with Crippen molar-refractivity contribution >= 4 is 20.0 Å². The molecule has 2 aliphatic rings. The highest BCUT2D eigenvalue weighted by Crippen LogP contribution is 2.37. The van der Waals surface area contributed by atoms with Gasteiger partial charge in [-0.05, 0) is 50.6 Å². The monoisotopic (exact) mass is 575 g/mol. The Bertz CT molecular complexity index is 1350. The van der Waals surface area contributed by atoms with E-state index in [4.69, 9.17) is 9.47 Å². The fraction of sp³-hybridized carbons (Fsp3) is 0.500. The number of ether oxygens (including phenoxy) is 2. The van der Waals surface area contributed by atoms with Crippen LogP contribution < -0.4 is 14.8 Å². The van der Waals surface area contributed by atoms with Gasteiger partial charge in [0.15, 0.2) is 11.6 Å². The molecule has 2 heterocycles. The lowest BCUT2D eigenvalue weighted by Gasteiger charge is -2.38. The fourth-order valence-electron chi connectivity index (χ4n) is 4.68. The lowest BCUT2D eigenvalue weighted by atomic mass is 9.88. The van der Waals surface area contributed by atoms with Crippen molar-refractivity contribution in [2.75, 3.05) is 39.9 Å². The maximum atomic E-state index is 14.1. The van der Waals surface area contributed by atoms with E-state index in [-0.39, 0.29) is 37.2 Å².